The molecule has 1 heterocycles. The average Bonchev–Trinajstić information content (AvgIpc) is 3.08. The van der Waals surface area contributed by atoms with E-state index in [4.69, 9.17) is 21.1 Å². The van der Waals surface area contributed by atoms with Crippen molar-refractivity contribution in [3.05, 3.63) is 59.4 Å². The summed E-state index contributed by atoms with van der Waals surface area (Å²) >= 11 is 7.64. The predicted molar refractivity (Wildman–Crippen MR) is 95.5 cm³/mol. The van der Waals surface area contributed by atoms with E-state index in [1.807, 2.05) is 47.0 Å². The van der Waals surface area contributed by atoms with Gasteiger partial charge in [0.15, 0.2) is 5.16 Å². The third-order valence-electron chi connectivity index (χ3n) is 3.45. The lowest BCUT2D eigenvalue weighted by Crippen LogP contribution is -1.96. The summed E-state index contributed by atoms with van der Waals surface area (Å²) in [7, 11) is 3.30. The number of nitrogens with zero attached hydrogens (tertiary/aromatic N) is 3. The maximum Gasteiger partial charge on any atom is 0.195 e. The number of rotatable bonds is 6. The van der Waals surface area contributed by atoms with Gasteiger partial charge in [-0.05, 0) is 36.4 Å². The fraction of sp³-hybridized carbons (Fsp3) is 0.176. The van der Waals surface area contributed by atoms with E-state index in [-0.39, 0.29) is 0 Å². The van der Waals surface area contributed by atoms with Crippen LogP contribution in [-0.2, 0) is 5.75 Å². The molecule has 124 valence electrons. The molecule has 0 bridgehead atoms. The first kappa shape index (κ1) is 16.7. The first-order valence-corrected chi connectivity index (χ1v) is 8.57. The Morgan fingerprint density at radius 1 is 1.12 bits per heavy atom. The molecule has 7 heteroatoms. The summed E-state index contributed by atoms with van der Waals surface area (Å²) in [5.74, 6) is 2.29. The Hall–Kier alpha value is -2.18. The molecule has 0 saturated heterocycles. The monoisotopic (exact) mass is 361 g/mol. The molecule has 1 aromatic heterocycles. The molecule has 0 aliphatic heterocycles. The fourth-order valence-electron chi connectivity index (χ4n) is 2.26. The zero-order chi connectivity index (χ0) is 16.9. The highest BCUT2D eigenvalue weighted by molar-refractivity contribution is 7.98. The molecule has 0 aliphatic carbocycles. The second kappa shape index (κ2) is 7.59. The van der Waals surface area contributed by atoms with Crippen LogP contribution in [0.2, 0.25) is 5.02 Å². The summed E-state index contributed by atoms with van der Waals surface area (Å²) < 4.78 is 12.6. The minimum atomic E-state index is 0.673. The molecule has 0 spiro atoms. The summed E-state index contributed by atoms with van der Waals surface area (Å²) in [6.45, 7) is 0. The lowest BCUT2D eigenvalue weighted by Gasteiger charge is -2.11. The van der Waals surface area contributed by atoms with Gasteiger partial charge in [-0.15, -0.1) is 10.2 Å². The van der Waals surface area contributed by atoms with Crippen LogP contribution >= 0.6 is 23.4 Å². The molecule has 3 aromatic rings. The predicted octanol–water partition coefficient (Wildman–Crippen LogP) is 4.23. The van der Waals surface area contributed by atoms with Crippen LogP contribution in [0.15, 0.2) is 53.9 Å². The van der Waals surface area contributed by atoms with E-state index in [1.54, 1.807) is 32.3 Å². The Kier molecular flexibility index (Phi) is 5.27. The normalized spacial score (nSPS) is 10.6. The van der Waals surface area contributed by atoms with Gasteiger partial charge in [0, 0.05) is 16.3 Å². The largest absolute Gasteiger partial charge is 0.497 e. The molecule has 24 heavy (non-hydrogen) atoms. The Morgan fingerprint density at radius 2 is 2.00 bits per heavy atom. The van der Waals surface area contributed by atoms with Crippen molar-refractivity contribution in [3.63, 3.8) is 0 Å². The van der Waals surface area contributed by atoms with Crippen LogP contribution in [0.3, 0.4) is 0 Å². The van der Waals surface area contributed by atoms with Gasteiger partial charge in [-0.25, -0.2) is 0 Å². The number of hydrogen-bond acceptors (Lipinski definition) is 5. The number of thioether (sulfide) groups is 1. The van der Waals surface area contributed by atoms with Crippen LogP contribution in [0, 0.1) is 0 Å². The maximum absolute atomic E-state index is 6.07. The smallest absolute Gasteiger partial charge is 0.195 e. The van der Waals surface area contributed by atoms with E-state index in [9.17, 15) is 0 Å². The minimum absolute atomic E-state index is 0.673. The molecule has 0 atom stereocenters. The van der Waals surface area contributed by atoms with Gasteiger partial charge in [0.25, 0.3) is 0 Å². The number of aromatic nitrogens is 3. The Labute approximate surface area is 149 Å². The molecule has 0 amide bonds. The van der Waals surface area contributed by atoms with Crippen molar-refractivity contribution >= 4 is 23.4 Å². The van der Waals surface area contributed by atoms with Crippen LogP contribution in [0.5, 0.6) is 11.5 Å². The SMILES string of the molecule is COc1ccc(OC)c(CSc2nncn2-c2cccc(Cl)c2)c1. The fourth-order valence-corrected chi connectivity index (χ4v) is 3.35. The molecule has 0 unspecified atom stereocenters. The van der Waals surface area contributed by atoms with Crippen molar-refractivity contribution in [2.45, 2.75) is 10.9 Å². The quantitative estimate of drug-likeness (QED) is 0.615. The number of halogens is 1. The van der Waals surface area contributed by atoms with Crippen LogP contribution in [0.25, 0.3) is 5.69 Å². The molecule has 3 rings (SSSR count). The second-order valence-electron chi connectivity index (χ2n) is 4.93. The number of benzene rings is 2. The average molecular weight is 362 g/mol. The summed E-state index contributed by atoms with van der Waals surface area (Å²) in [6.07, 6.45) is 1.68. The summed E-state index contributed by atoms with van der Waals surface area (Å²) in [5, 5.41) is 9.66. The number of ether oxygens (including phenoxy) is 2. The van der Waals surface area contributed by atoms with E-state index in [0.717, 1.165) is 27.9 Å². The Bertz CT molecular complexity index is 838. The lowest BCUT2D eigenvalue weighted by molar-refractivity contribution is 0.400. The van der Waals surface area contributed by atoms with Gasteiger partial charge in [-0.2, -0.15) is 0 Å². The van der Waals surface area contributed by atoms with Gasteiger partial charge in [0.1, 0.15) is 17.8 Å². The van der Waals surface area contributed by atoms with Crippen LogP contribution in [0.1, 0.15) is 5.56 Å². The highest BCUT2D eigenvalue weighted by Crippen LogP contribution is 2.31. The van der Waals surface area contributed by atoms with Gasteiger partial charge in [0.05, 0.1) is 19.9 Å². The summed E-state index contributed by atoms with van der Waals surface area (Å²) in [5.41, 5.74) is 1.95. The van der Waals surface area contributed by atoms with E-state index in [1.165, 1.54) is 0 Å². The van der Waals surface area contributed by atoms with Crippen molar-refractivity contribution in [3.8, 4) is 17.2 Å². The van der Waals surface area contributed by atoms with Crippen LogP contribution in [-0.4, -0.2) is 29.0 Å². The molecular weight excluding hydrogens is 346 g/mol. The third-order valence-corrected chi connectivity index (χ3v) is 4.67. The van der Waals surface area contributed by atoms with Crippen molar-refractivity contribution in [1.29, 1.82) is 0 Å². The Balaban J connectivity index is 1.83. The summed E-state index contributed by atoms with van der Waals surface area (Å²) in [4.78, 5) is 0. The molecule has 0 radical (unpaired) electrons. The van der Waals surface area contributed by atoms with Gasteiger partial charge >= 0.3 is 0 Å². The second-order valence-corrected chi connectivity index (χ2v) is 6.31. The molecular formula is C17H16ClN3O2S. The molecule has 0 saturated carbocycles. The number of methoxy groups -OCH3 is 2. The molecule has 5 nitrogen and oxygen atoms in total. The van der Waals surface area contributed by atoms with Crippen molar-refractivity contribution < 1.29 is 9.47 Å². The topological polar surface area (TPSA) is 49.2 Å². The standard InChI is InChI=1S/C17H16ClN3O2S/c1-22-15-6-7-16(23-2)12(8-15)10-24-17-20-19-11-21(17)14-5-3-4-13(18)9-14/h3-9,11H,10H2,1-2H3. The first-order chi connectivity index (χ1) is 11.7. The van der Waals surface area contributed by atoms with Crippen LogP contribution in [0.4, 0.5) is 0 Å². The van der Waals surface area contributed by atoms with Gasteiger partial charge in [-0.3, -0.25) is 4.57 Å². The molecule has 2 aromatic carbocycles. The third kappa shape index (κ3) is 3.66. The van der Waals surface area contributed by atoms with Crippen molar-refractivity contribution in [2.75, 3.05) is 14.2 Å². The maximum atomic E-state index is 6.07. The van der Waals surface area contributed by atoms with E-state index >= 15 is 0 Å². The highest BCUT2D eigenvalue weighted by atomic mass is 35.5. The first-order valence-electron chi connectivity index (χ1n) is 7.21. The summed E-state index contributed by atoms with van der Waals surface area (Å²) in [6, 6.07) is 13.3. The van der Waals surface area contributed by atoms with Crippen molar-refractivity contribution in [1.82, 2.24) is 14.8 Å². The molecule has 0 aliphatic rings. The zero-order valence-electron chi connectivity index (χ0n) is 13.3. The minimum Gasteiger partial charge on any atom is -0.497 e. The van der Waals surface area contributed by atoms with Crippen LogP contribution < -0.4 is 9.47 Å². The van der Waals surface area contributed by atoms with E-state index in [2.05, 4.69) is 10.2 Å². The number of hydrogen-bond donors (Lipinski definition) is 0. The van der Waals surface area contributed by atoms with Crippen molar-refractivity contribution in [2.24, 2.45) is 0 Å². The molecule has 0 N–H and O–H groups in total. The van der Waals surface area contributed by atoms with E-state index < -0.39 is 0 Å². The zero-order valence-corrected chi connectivity index (χ0v) is 14.8. The Morgan fingerprint density at radius 3 is 2.75 bits per heavy atom. The van der Waals surface area contributed by atoms with Gasteiger partial charge < -0.3 is 9.47 Å². The van der Waals surface area contributed by atoms with E-state index in [0.29, 0.717) is 10.8 Å². The van der Waals surface area contributed by atoms with Gasteiger partial charge in [0.2, 0.25) is 0 Å². The lowest BCUT2D eigenvalue weighted by atomic mass is 10.2. The molecule has 0 fully saturated rings. The van der Waals surface area contributed by atoms with Gasteiger partial charge in [-0.1, -0.05) is 29.4 Å². The highest BCUT2D eigenvalue weighted by Gasteiger charge is 2.11.